The van der Waals surface area contributed by atoms with Crippen molar-refractivity contribution in [2.24, 2.45) is 5.73 Å². The molecule has 0 bridgehead atoms. The van der Waals surface area contributed by atoms with Crippen molar-refractivity contribution in [2.45, 2.75) is 13.1 Å². The van der Waals surface area contributed by atoms with Gasteiger partial charge in [0.25, 0.3) is 0 Å². The van der Waals surface area contributed by atoms with E-state index in [4.69, 9.17) is 5.73 Å². The van der Waals surface area contributed by atoms with Crippen LogP contribution in [0.3, 0.4) is 0 Å². The second-order valence-corrected chi connectivity index (χ2v) is 4.15. The largest absolute Gasteiger partial charge is 0.366 e. The van der Waals surface area contributed by atoms with Crippen LogP contribution < -0.4 is 11.1 Å². The van der Waals surface area contributed by atoms with Crippen LogP contribution in [0, 0.1) is 0 Å². The quantitative estimate of drug-likeness (QED) is 0.882. The molecule has 0 radical (unpaired) electrons. The van der Waals surface area contributed by atoms with E-state index in [0.29, 0.717) is 5.56 Å². The molecule has 0 saturated carbocycles. The normalized spacial score (nSPS) is 9.68. The topological polar surface area (TPSA) is 55.1 Å². The first kappa shape index (κ1) is 15.2. The van der Waals surface area contributed by atoms with E-state index in [1.807, 2.05) is 36.4 Å². The van der Waals surface area contributed by atoms with Crippen LogP contribution in [0.1, 0.15) is 21.5 Å². The van der Waals surface area contributed by atoms with Crippen LogP contribution in [0.4, 0.5) is 0 Å². The zero-order valence-electron chi connectivity index (χ0n) is 10.5. The summed E-state index contributed by atoms with van der Waals surface area (Å²) in [7, 11) is 0. The number of halogens is 1. The van der Waals surface area contributed by atoms with Crippen molar-refractivity contribution in [2.75, 3.05) is 0 Å². The van der Waals surface area contributed by atoms with E-state index in [0.717, 1.165) is 18.7 Å². The molecule has 19 heavy (non-hydrogen) atoms. The zero-order chi connectivity index (χ0) is 12.8. The molecule has 2 aromatic carbocycles. The van der Waals surface area contributed by atoms with Gasteiger partial charge in [-0.05, 0) is 23.3 Å². The molecule has 100 valence electrons. The number of carbonyl (C=O) groups excluding carboxylic acids is 1. The fraction of sp³-hybridized carbons (Fsp3) is 0.133. The molecular formula is C15H17ClN2O. The summed E-state index contributed by atoms with van der Waals surface area (Å²) in [4.78, 5) is 11.1. The van der Waals surface area contributed by atoms with Gasteiger partial charge in [0.2, 0.25) is 5.91 Å². The third-order valence-corrected chi connectivity index (χ3v) is 2.71. The van der Waals surface area contributed by atoms with Crippen molar-refractivity contribution in [3.05, 3.63) is 71.3 Å². The first-order valence-corrected chi connectivity index (χ1v) is 5.89. The van der Waals surface area contributed by atoms with Crippen molar-refractivity contribution in [1.82, 2.24) is 5.32 Å². The van der Waals surface area contributed by atoms with Gasteiger partial charge in [0, 0.05) is 18.7 Å². The average molecular weight is 277 g/mol. The number of hydrogen-bond acceptors (Lipinski definition) is 2. The Bertz CT molecular complexity index is 529. The molecule has 2 aromatic rings. The van der Waals surface area contributed by atoms with E-state index in [-0.39, 0.29) is 18.3 Å². The lowest BCUT2D eigenvalue weighted by Crippen LogP contribution is -2.14. The Hall–Kier alpha value is -1.84. The van der Waals surface area contributed by atoms with E-state index < -0.39 is 0 Å². The van der Waals surface area contributed by atoms with E-state index in [2.05, 4.69) is 17.4 Å². The number of rotatable bonds is 5. The fourth-order valence-corrected chi connectivity index (χ4v) is 1.78. The summed E-state index contributed by atoms with van der Waals surface area (Å²) in [6.45, 7) is 1.53. The Balaban J connectivity index is 0.00000180. The highest BCUT2D eigenvalue weighted by Gasteiger charge is 2.00. The highest BCUT2D eigenvalue weighted by atomic mass is 35.5. The maximum absolute atomic E-state index is 11.1. The Morgan fingerprint density at radius 1 is 0.947 bits per heavy atom. The van der Waals surface area contributed by atoms with E-state index in [9.17, 15) is 4.79 Å². The lowest BCUT2D eigenvalue weighted by atomic mass is 10.1. The van der Waals surface area contributed by atoms with E-state index >= 15 is 0 Å². The summed E-state index contributed by atoms with van der Waals surface area (Å²) >= 11 is 0. The van der Waals surface area contributed by atoms with Gasteiger partial charge in [-0.25, -0.2) is 0 Å². The minimum absolute atomic E-state index is 0. The molecule has 0 aliphatic rings. The molecule has 0 spiro atoms. The highest BCUT2D eigenvalue weighted by molar-refractivity contribution is 5.92. The van der Waals surface area contributed by atoms with Crippen LogP contribution in [-0.2, 0) is 13.1 Å². The maximum atomic E-state index is 11.1. The van der Waals surface area contributed by atoms with Crippen LogP contribution in [0.2, 0.25) is 0 Å². The zero-order valence-corrected chi connectivity index (χ0v) is 11.3. The molecule has 0 aliphatic heterocycles. The molecule has 4 heteroatoms. The smallest absolute Gasteiger partial charge is 0.248 e. The second-order valence-electron chi connectivity index (χ2n) is 4.15. The number of carbonyl (C=O) groups is 1. The molecule has 1 amide bonds. The molecule has 0 fully saturated rings. The van der Waals surface area contributed by atoms with Gasteiger partial charge in [0.15, 0.2) is 0 Å². The molecule has 0 aliphatic carbocycles. The predicted molar refractivity (Wildman–Crippen MR) is 79.2 cm³/mol. The van der Waals surface area contributed by atoms with Gasteiger partial charge in [-0.15, -0.1) is 12.4 Å². The van der Waals surface area contributed by atoms with Crippen LogP contribution in [0.25, 0.3) is 0 Å². The van der Waals surface area contributed by atoms with Gasteiger partial charge in [0.05, 0.1) is 0 Å². The van der Waals surface area contributed by atoms with Gasteiger partial charge in [-0.3, -0.25) is 4.79 Å². The summed E-state index contributed by atoms with van der Waals surface area (Å²) in [5.41, 5.74) is 8.09. The molecule has 0 atom stereocenters. The van der Waals surface area contributed by atoms with Crippen LogP contribution in [0.5, 0.6) is 0 Å². The van der Waals surface area contributed by atoms with Crippen molar-refractivity contribution < 1.29 is 4.79 Å². The molecule has 3 N–H and O–H groups in total. The number of nitrogens with two attached hydrogens (primary N) is 1. The first-order valence-electron chi connectivity index (χ1n) is 5.89. The van der Waals surface area contributed by atoms with Crippen LogP contribution >= 0.6 is 12.4 Å². The monoisotopic (exact) mass is 276 g/mol. The SMILES string of the molecule is Cl.NC(=O)c1cccc(CNCc2ccccc2)c1. The number of primary amides is 1. The molecule has 0 heterocycles. The molecule has 0 aromatic heterocycles. The molecule has 2 rings (SSSR count). The van der Waals surface area contributed by atoms with E-state index in [1.54, 1.807) is 6.07 Å². The molecular weight excluding hydrogens is 260 g/mol. The van der Waals surface area contributed by atoms with E-state index in [1.165, 1.54) is 5.56 Å². The van der Waals surface area contributed by atoms with Gasteiger partial charge in [-0.1, -0.05) is 42.5 Å². The Kier molecular flexibility index (Phi) is 6.06. The summed E-state index contributed by atoms with van der Waals surface area (Å²) in [5, 5.41) is 3.33. The molecule has 0 unspecified atom stereocenters. The lowest BCUT2D eigenvalue weighted by molar-refractivity contribution is 0.1000. The third-order valence-electron chi connectivity index (χ3n) is 2.71. The first-order chi connectivity index (χ1) is 8.75. The molecule has 3 nitrogen and oxygen atoms in total. The fourth-order valence-electron chi connectivity index (χ4n) is 1.78. The van der Waals surface area contributed by atoms with Crippen LogP contribution in [0.15, 0.2) is 54.6 Å². The van der Waals surface area contributed by atoms with Gasteiger partial charge < -0.3 is 11.1 Å². The number of benzene rings is 2. The van der Waals surface area contributed by atoms with Crippen molar-refractivity contribution in [1.29, 1.82) is 0 Å². The second kappa shape index (κ2) is 7.56. The average Bonchev–Trinajstić information content (AvgIpc) is 2.40. The predicted octanol–water partition coefficient (Wildman–Crippen LogP) is 2.50. The maximum Gasteiger partial charge on any atom is 0.248 e. The summed E-state index contributed by atoms with van der Waals surface area (Å²) < 4.78 is 0. The summed E-state index contributed by atoms with van der Waals surface area (Å²) in [6, 6.07) is 17.6. The summed E-state index contributed by atoms with van der Waals surface area (Å²) in [6.07, 6.45) is 0. The van der Waals surface area contributed by atoms with Crippen LogP contribution in [-0.4, -0.2) is 5.91 Å². The minimum Gasteiger partial charge on any atom is -0.366 e. The summed E-state index contributed by atoms with van der Waals surface area (Å²) in [5.74, 6) is -0.389. The molecule has 0 saturated heterocycles. The Morgan fingerprint density at radius 3 is 2.26 bits per heavy atom. The van der Waals surface area contributed by atoms with Crippen molar-refractivity contribution in [3.8, 4) is 0 Å². The Labute approximate surface area is 119 Å². The standard InChI is InChI=1S/C15H16N2O.ClH/c16-15(18)14-8-4-7-13(9-14)11-17-10-12-5-2-1-3-6-12;/h1-9,17H,10-11H2,(H2,16,18);1H. The van der Waals surface area contributed by atoms with Gasteiger partial charge >= 0.3 is 0 Å². The number of amides is 1. The van der Waals surface area contributed by atoms with Gasteiger partial charge in [0.1, 0.15) is 0 Å². The third kappa shape index (κ3) is 4.73. The highest BCUT2D eigenvalue weighted by Crippen LogP contribution is 2.05. The number of nitrogens with one attached hydrogen (secondary N) is 1. The minimum atomic E-state index is -0.389. The Morgan fingerprint density at radius 2 is 1.58 bits per heavy atom. The van der Waals surface area contributed by atoms with Crippen molar-refractivity contribution >= 4 is 18.3 Å². The van der Waals surface area contributed by atoms with Gasteiger partial charge in [-0.2, -0.15) is 0 Å². The number of hydrogen-bond donors (Lipinski definition) is 2. The van der Waals surface area contributed by atoms with Crippen molar-refractivity contribution in [3.63, 3.8) is 0 Å². The lowest BCUT2D eigenvalue weighted by Gasteiger charge is -2.06.